The van der Waals surface area contributed by atoms with Gasteiger partial charge < -0.3 is 15.3 Å². The van der Waals surface area contributed by atoms with E-state index in [1.54, 1.807) is 0 Å². The van der Waals surface area contributed by atoms with E-state index >= 15 is 0 Å². The fraction of sp³-hybridized carbons (Fsp3) is 0.588. The zero-order valence-corrected chi connectivity index (χ0v) is 13.0. The number of unbranched alkanes of at least 4 members (excludes halogenated alkanes) is 1. The summed E-state index contributed by atoms with van der Waals surface area (Å²) in [5.74, 6) is 0.0645. The molecular formula is C17H26N2O2. The predicted molar refractivity (Wildman–Crippen MR) is 85.4 cm³/mol. The van der Waals surface area contributed by atoms with Gasteiger partial charge >= 0.3 is 0 Å². The molecule has 116 valence electrons. The van der Waals surface area contributed by atoms with E-state index in [0.717, 1.165) is 50.0 Å². The van der Waals surface area contributed by atoms with Crippen LogP contribution in [0.25, 0.3) is 0 Å². The summed E-state index contributed by atoms with van der Waals surface area (Å²) >= 11 is 0. The zero-order valence-electron chi connectivity index (χ0n) is 13.0. The van der Waals surface area contributed by atoms with Gasteiger partial charge in [0.15, 0.2) is 0 Å². The van der Waals surface area contributed by atoms with Gasteiger partial charge in [0.05, 0.1) is 6.10 Å². The molecule has 1 heterocycles. The maximum absolute atomic E-state index is 12.3. The lowest BCUT2D eigenvalue weighted by molar-refractivity contribution is -0.122. The molecule has 1 aliphatic rings. The number of hydrogen-bond acceptors (Lipinski definition) is 3. The third kappa shape index (κ3) is 3.76. The van der Waals surface area contributed by atoms with Crippen molar-refractivity contribution in [3.8, 4) is 0 Å². The second-order valence-electron chi connectivity index (χ2n) is 5.73. The first kappa shape index (κ1) is 15.8. The van der Waals surface area contributed by atoms with E-state index in [2.05, 4.69) is 17.1 Å². The van der Waals surface area contributed by atoms with Crippen LogP contribution in [0.3, 0.4) is 0 Å². The molecule has 2 rings (SSSR count). The van der Waals surface area contributed by atoms with E-state index in [4.69, 9.17) is 0 Å². The Morgan fingerprint density at radius 1 is 1.48 bits per heavy atom. The van der Waals surface area contributed by atoms with Crippen molar-refractivity contribution in [1.29, 1.82) is 0 Å². The summed E-state index contributed by atoms with van der Waals surface area (Å²) in [5, 5.41) is 13.2. The highest BCUT2D eigenvalue weighted by atomic mass is 16.3. The van der Waals surface area contributed by atoms with Crippen molar-refractivity contribution >= 4 is 11.6 Å². The van der Waals surface area contributed by atoms with Crippen LogP contribution in [-0.2, 0) is 4.79 Å². The molecule has 0 bridgehead atoms. The first-order valence-electron chi connectivity index (χ1n) is 7.96. The van der Waals surface area contributed by atoms with Crippen LogP contribution in [0.5, 0.6) is 0 Å². The van der Waals surface area contributed by atoms with E-state index < -0.39 is 6.10 Å². The van der Waals surface area contributed by atoms with Crippen LogP contribution in [0.4, 0.5) is 5.69 Å². The maximum atomic E-state index is 12.3. The van der Waals surface area contributed by atoms with Gasteiger partial charge in [-0.1, -0.05) is 31.5 Å². The van der Waals surface area contributed by atoms with Crippen molar-refractivity contribution in [3.05, 3.63) is 29.8 Å². The summed E-state index contributed by atoms with van der Waals surface area (Å²) in [5.41, 5.74) is 1.92. The molecule has 1 amide bonds. The van der Waals surface area contributed by atoms with Gasteiger partial charge in [0.2, 0.25) is 5.91 Å². The zero-order chi connectivity index (χ0) is 15.2. The van der Waals surface area contributed by atoms with Crippen molar-refractivity contribution in [2.75, 3.05) is 18.0 Å². The SMILES string of the molecule is CCCCNC(=O)C(C)N1CCCC(O)c2ccccc21. The second-order valence-corrected chi connectivity index (χ2v) is 5.73. The Morgan fingerprint density at radius 2 is 2.24 bits per heavy atom. The number of nitrogens with one attached hydrogen (secondary N) is 1. The number of aliphatic hydroxyl groups excluding tert-OH is 1. The van der Waals surface area contributed by atoms with E-state index in [0.29, 0.717) is 0 Å². The third-order valence-corrected chi connectivity index (χ3v) is 4.16. The number of nitrogens with zero attached hydrogens (tertiary/aromatic N) is 1. The molecule has 21 heavy (non-hydrogen) atoms. The Labute approximate surface area is 127 Å². The highest BCUT2D eigenvalue weighted by molar-refractivity contribution is 5.85. The van der Waals surface area contributed by atoms with E-state index in [9.17, 15) is 9.90 Å². The van der Waals surface area contributed by atoms with E-state index in [1.807, 2.05) is 31.2 Å². The van der Waals surface area contributed by atoms with Crippen LogP contribution in [0.2, 0.25) is 0 Å². The van der Waals surface area contributed by atoms with Gasteiger partial charge in [0.25, 0.3) is 0 Å². The third-order valence-electron chi connectivity index (χ3n) is 4.16. The number of rotatable bonds is 5. The summed E-state index contributed by atoms with van der Waals surface area (Å²) in [6.45, 7) is 5.59. The van der Waals surface area contributed by atoms with Gasteiger partial charge in [0, 0.05) is 24.3 Å². The number of fused-ring (bicyclic) bond motifs is 1. The average molecular weight is 290 g/mol. The molecule has 2 N–H and O–H groups in total. The molecule has 0 saturated carbocycles. The predicted octanol–water partition coefficient (Wildman–Crippen LogP) is 2.63. The van der Waals surface area contributed by atoms with Crippen LogP contribution in [-0.4, -0.2) is 30.1 Å². The smallest absolute Gasteiger partial charge is 0.242 e. The maximum Gasteiger partial charge on any atom is 0.242 e. The highest BCUT2D eigenvalue weighted by Crippen LogP contribution is 2.33. The van der Waals surface area contributed by atoms with E-state index in [1.165, 1.54) is 0 Å². The summed E-state index contributed by atoms with van der Waals surface area (Å²) < 4.78 is 0. The standard InChI is InChI=1S/C17H26N2O2/c1-3-4-11-18-17(21)13(2)19-12-7-10-16(20)14-8-5-6-9-15(14)19/h5-6,8-9,13,16,20H,3-4,7,10-12H2,1-2H3,(H,18,21). The molecular weight excluding hydrogens is 264 g/mol. The quantitative estimate of drug-likeness (QED) is 0.820. The number of carbonyl (C=O) groups is 1. The molecule has 0 spiro atoms. The Balaban J connectivity index is 2.14. The molecule has 2 unspecified atom stereocenters. The summed E-state index contributed by atoms with van der Waals surface area (Å²) in [6, 6.07) is 7.65. The number of benzene rings is 1. The normalized spacial score (nSPS) is 19.6. The average Bonchev–Trinajstić information content (AvgIpc) is 2.66. The number of para-hydroxylation sites is 1. The van der Waals surface area contributed by atoms with Crippen LogP contribution in [0, 0.1) is 0 Å². The van der Waals surface area contributed by atoms with Crippen molar-refractivity contribution in [2.45, 2.75) is 51.7 Å². The largest absolute Gasteiger partial charge is 0.388 e. The number of anilines is 1. The topological polar surface area (TPSA) is 52.6 Å². The van der Waals surface area contributed by atoms with Crippen molar-refractivity contribution < 1.29 is 9.90 Å². The van der Waals surface area contributed by atoms with Crippen LogP contribution in [0.1, 0.15) is 51.2 Å². The number of carbonyl (C=O) groups excluding carboxylic acids is 1. The molecule has 4 nitrogen and oxygen atoms in total. The number of hydrogen-bond donors (Lipinski definition) is 2. The first-order chi connectivity index (χ1) is 10.1. The Hall–Kier alpha value is -1.55. The minimum atomic E-state index is -0.429. The molecule has 0 aromatic heterocycles. The van der Waals surface area contributed by atoms with Gasteiger partial charge in [-0.15, -0.1) is 0 Å². The first-order valence-corrected chi connectivity index (χ1v) is 7.96. The van der Waals surface area contributed by atoms with Gasteiger partial charge in [0.1, 0.15) is 6.04 Å². The van der Waals surface area contributed by atoms with Gasteiger partial charge in [-0.2, -0.15) is 0 Å². The minimum absolute atomic E-state index is 0.0645. The summed E-state index contributed by atoms with van der Waals surface area (Å²) in [7, 11) is 0. The van der Waals surface area contributed by atoms with Crippen LogP contribution >= 0.6 is 0 Å². The molecule has 0 saturated heterocycles. The Bertz CT molecular complexity index is 476. The lowest BCUT2D eigenvalue weighted by Gasteiger charge is -2.30. The van der Waals surface area contributed by atoms with Crippen LogP contribution < -0.4 is 10.2 Å². The Kier molecular flexibility index (Phi) is 5.62. The fourth-order valence-corrected chi connectivity index (χ4v) is 2.84. The van der Waals surface area contributed by atoms with Crippen molar-refractivity contribution in [1.82, 2.24) is 5.32 Å². The molecule has 0 fully saturated rings. The molecule has 1 aliphatic heterocycles. The molecule has 1 aromatic rings. The Morgan fingerprint density at radius 3 is 3.00 bits per heavy atom. The van der Waals surface area contributed by atoms with Gasteiger partial charge in [-0.25, -0.2) is 0 Å². The number of amides is 1. The molecule has 2 atom stereocenters. The monoisotopic (exact) mass is 290 g/mol. The second kappa shape index (κ2) is 7.46. The summed E-state index contributed by atoms with van der Waals surface area (Å²) in [4.78, 5) is 14.4. The van der Waals surface area contributed by atoms with Crippen molar-refractivity contribution in [3.63, 3.8) is 0 Å². The van der Waals surface area contributed by atoms with Gasteiger partial charge in [-0.05, 0) is 32.3 Å². The van der Waals surface area contributed by atoms with Crippen LogP contribution in [0.15, 0.2) is 24.3 Å². The lowest BCUT2D eigenvalue weighted by atomic mass is 10.0. The summed E-state index contributed by atoms with van der Waals surface area (Å²) in [6.07, 6.45) is 3.29. The van der Waals surface area contributed by atoms with E-state index in [-0.39, 0.29) is 11.9 Å². The molecule has 4 heteroatoms. The minimum Gasteiger partial charge on any atom is -0.388 e. The lowest BCUT2D eigenvalue weighted by Crippen LogP contribution is -2.46. The fourth-order valence-electron chi connectivity index (χ4n) is 2.84. The molecule has 1 aromatic carbocycles. The molecule has 0 aliphatic carbocycles. The van der Waals surface area contributed by atoms with Gasteiger partial charge in [-0.3, -0.25) is 4.79 Å². The van der Waals surface area contributed by atoms with Crippen molar-refractivity contribution in [2.24, 2.45) is 0 Å². The highest BCUT2D eigenvalue weighted by Gasteiger charge is 2.27. The molecule has 0 radical (unpaired) electrons. The number of aliphatic hydroxyl groups is 1.